The van der Waals surface area contributed by atoms with Crippen LogP contribution in [0.4, 0.5) is 5.69 Å². The fourth-order valence-corrected chi connectivity index (χ4v) is 3.70. The summed E-state index contributed by atoms with van der Waals surface area (Å²) in [6.07, 6.45) is 7.40. The first-order valence-electron chi connectivity index (χ1n) is 10.7. The first-order valence-corrected chi connectivity index (χ1v) is 11.1. The molecule has 1 amide bonds. The van der Waals surface area contributed by atoms with Crippen molar-refractivity contribution in [2.75, 3.05) is 25.5 Å². The molecule has 3 rings (SSSR count). The number of anilines is 1. The minimum absolute atomic E-state index is 0.0686. The zero-order chi connectivity index (χ0) is 21.3. The minimum Gasteiger partial charge on any atom is -0.384 e. The van der Waals surface area contributed by atoms with Crippen LogP contribution in [0, 0.1) is 0 Å². The molecule has 158 valence electrons. The maximum atomic E-state index is 12.7. The molecule has 0 saturated heterocycles. The van der Waals surface area contributed by atoms with Crippen LogP contribution in [0.25, 0.3) is 10.9 Å². The molecular weight excluding hydrogens is 394 g/mol. The van der Waals surface area contributed by atoms with Gasteiger partial charge in [0.2, 0.25) is 0 Å². The van der Waals surface area contributed by atoms with E-state index in [0.29, 0.717) is 11.6 Å². The number of amides is 1. The van der Waals surface area contributed by atoms with E-state index in [9.17, 15) is 4.79 Å². The lowest BCUT2D eigenvalue weighted by Gasteiger charge is -2.18. The average molecular weight is 424 g/mol. The fourth-order valence-electron chi connectivity index (χ4n) is 3.53. The van der Waals surface area contributed by atoms with Crippen LogP contribution < -0.4 is 5.32 Å². The number of hydrogen-bond acceptors (Lipinski definition) is 3. The van der Waals surface area contributed by atoms with Crippen LogP contribution in [0.1, 0.15) is 48.5 Å². The van der Waals surface area contributed by atoms with Crippen LogP contribution in [-0.4, -0.2) is 35.9 Å². The van der Waals surface area contributed by atoms with Gasteiger partial charge in [0.1, 0.15) is 0 Å². The molecule has 0 spiro atoms. The Morgan fingerprint density at radius 2 is 1.87 bits per heavy atom. The minimum atomic E-state index is 0.0686. The van der Waals surface area contributed by atoms with Crippen LogP contribution >= 0.6 is 11.6 Å². The van der Waals surface area contributed by atoms with Gasteiger partial charge in [-0.1, -0.05) is 43.5 Å². The lowest BCUT2D eigenvalue weighted by molar-refractivity contribution is 0.0794. The SMILES string of the molecule is CCCCCc1ccc(C(=O)N(C)CCCNc2ccnc3cc(Cl)ccc23)cc1. The van der Waals surface area contributed by atoms with E-state index in [1.54, 1.807) is 11.1 Å². The molecule has 0 radical (unpaired) electrons. The average Bonchev–Trinajstić information content (AvgIpc) is 2.76. The highest BCUT2D eigenvalue weighted by Crippen LogP contribution is 2.24. The second-order valence-electron chi connectivity index (χ2n) is 7.68. The topological polar surface area (TPSA) is 45.2 Å². The molecule has 1 heterocycles. The van der Waals surface area contributed by atoms with Crippen LogP contribution in [0.2, 0.25) is 5.02 Å². The monoisotopic (exact) mass is 423 g/mol. The van der Waals surface area contributed by atoms with Gasteiger partial charge in [-0.05, 0) is 61.2 Å². The Hall–Kier alpha value is -2.59. The first-order chi connectivity index (χ1) is 14.6. The van der Waals surface area contributed by atoms with Crippen LogP contribution in [-0.2, 0) is 6.42 Å². The number of carbonyl (C=O) groups excluding carboxylic acids is 1. The molecule has 0 fully saturated rings. The van der Waals surface area contributed by atoms with Crippen molar-refractivity contribution >= 4 is 34.1 Å². The zero-order valence-corrected chi connectivity index (χ0v) is 18.6. The second kappa shape index (κ2) is 11.0. The number of fused-ring (bicyclic) bond motifs is 1. The molecule has 1 N–H and O–H groups in total. The molecular formula is C25H30ClN3O. The van der Waals surface area contributed by atoms with E-state index in [4.69, 9.17) is 11.6 Å². The molecule has 3 aromatic rings. The van der Waals surface area contributed by atoms with E-state index in [0.717, 1.165) is 41.5 Å². The predicted molar refractivity (Wildman–Crippen MR) is 126 cm³/mol. The third-order valence-electron chi connectivity index (χ3n) is 5.31. The van der Waals surface area contributed by atoms with Gasteiger partial charge in [-0.15, -0.1) is 0 Å². The Bertz CT molecular complexity index is 972. The smallest absolute Gasteiger partial charge is 0.253 e. The van der Waals surface area contributed by atoms with Gasteiger partial charge in [0.15, 0.2) is 0 Å². The molecule has 5 heteroatoms. The molecule has 30 heavy (non-hydrogen) atoms. The van der Waals surface area contributed by atoms with E-state index in [1.165, 1.54) is 24.8 Å². The van der Waals surface area contributed by atoms with Crippen LogP contribution in [0.3, 0.4) is 0 Å². The zero-order valence-electron chi connectivity index (χ0n) is 17.8. The molecule has 0 aliphatic carbocycles. The number of aromatic nitrogens is 1. The number of pyridine rings is 1. The molecule has 1 aromatic heterocycles. The van der Waals surface area contributed by atoms with Crippen molar-refractivity contribution < 1.29 is 4.79 Å². The van der Waals surface area contributed by atoms with Crippen molar-refractivity contribution in [1.29, 1.82) is 0 Å². The number of nitrogens with zero attached hydrogens (tertiary/aromatic N) is 2. The second-order valence-corrected chi connectivity index (χ2v) is 8.12. The molecule has 0 bridgehead atoms. The number of rotatable bonds is 10. The number of unbranched alkanes of at least 4 members (excludes halogenated alkanes) is 2. The van der Waals surface area contributed by atoms with Gasteiger partial charge < -0.3 is 10.2 Å². The van der Waals surface area contributed by atoms with Gasteiger partial charge in [0.25, 0.3) is 5.91 Å². The van der Waals surface area contributed by atoms with Crippen molar-refractivity contribution in [2.24, 2.45) is 0 Å². The quantitative estimate of drug-likeness (QED) is 0.395. The van der Waals surface area contributed by atoms with E-state index >= 15 is 0 Å². The number of halogens is 1. The third-order valence-corrected chi connectivity index (χ3v) is 5.54. The summed E-state index contributed by atoms with van der Waals surface area (Å²) in [6, 6.07) is 15.8. The summed E-state index contributed by atoms with van der Waals surface area (Å²) in [5, 5.41) is 5.18. The maximum Gasteiger partial charge on any atom is 0.253 e. The number of nitrogens with one attached hydrogen (secondary N) is 1. The normalized spacial score (nSPS) is 10.9. The number of aryl methyl sites for hydroxylation is 1. The standard InChI is InChI=1S/C25H30ClN3O/c1-3-4-5-7-19-8-10-20(11-9-19)25(30)29(2)17-6-15-27-23-14-16-28-24-18-21(26)12-13-22(23)24/h8-14,16,18H,3-7,15,17H2,1-2H3,(H,27,28). The molecule has 4 nitrogen and oxygen atoms in total. The van der Waals surface area contributed by atoms with Gasteiger partial charge in [-0.25, -0.2) is 0 Å². The van der Waals surface area contributed by atoms with Gasteiger partial charge in [0, 0.05) is 48.0 Å². The van der Waals surface area contributed by atoms with Crippen molar-refractivity contribution in [3.05, 3.63) is 70.9 Å². The molecule has 0 saturated carbocycles. The fraction of sp³-hybridized carbons (Fsp3) is 0.360. The Morgan fingerprint density at radius 3 is 2.63 bits per heavy atom. The number of hydrogen-bond donors (Lipinski definition) is 1. The lowest BCUT2D eigenvalue weighted by Crippen LogP contribution is -2.28. The van der Waals surface area contributed by atoms with Crippen molar-refractivity contribution in [3.8, 4) is 0 Å². The molecule has 0 unspecified atom stereocenters. The van der Waals surface area contributed by atoms with Gasteiger partial charge in [-0.3, -0.25) is 9.78 Å². The van der Waals surface area contributed by atoms with Crippen molar-refractivity contribution in [1.82, 2.24) is 9.88 Å². The highest BCUT2D eigenvalue weighted by molar-refractivity contribution is 6.31. The van der Waals surface area contributed by atoms with Crippen molar-refractivity contribution in [2.45, 2.75) is 39.0 Å². The summed E-state index contributed by atoms with van der Waals surface area (Å²) in [6.45, 7) is 3.68. The maximum absolute atomic E-state index is 12.7. The van der Waals surface area contributed by atoms with Gasteiger partial charge in [0.05, 0.1) is 5.52 Å². The van der Waals surface area contributed by atoms with E-state index in [2.05, 4.69) is 29.4 Å². The summed E-state index contributed by atoms with van der Waals surface area (Å²) in [4.78, 5) is 18.8. The summed E-state index contributed by atoms with van der Waals surface area (Å²) < 4.78 is 0. The number of benzene rings is 2. The van der Waals surface area contributed by atoms with Crippen LogP contribution in [0.15, 0.2) is 54.7 Å². The lowest BCUT2D eigenvalue weighted by atomic mass is 10.0. The Balaban J connectivity index is 1.47. The van der Waals surface area contributed by atoms with Gasteiger partial charge in [-0.2, -0.15) is 0 Å². The number of carbonyl (C=O) groups is 1. The largest absolute Gasteiger partial charge is 0.384 e. The van der Waals surface area contributed by atoms with Crippen molar-refractivity contribution in [3.63, 3.8) is 0 Å². The third kappa shape index (κ3) is 5.96. The Kier molecular flexibility index (Phi) is 8.09. The highest BCUT2D eigenvalue weighted by Gasteiger charge is 2.11. The highest BCUT2D eigenvalue weighted by atomic mass is 35.5. The van der Waals surface area contributed by atoms with E-state index in [1.807, 2.05) is 43.4 Å². The summed E-state index contributed by atoms with van der Waals surface area (Å²) >= 11 is 6.05. The Morgan fingerprint density at radius 1 is 1.07 bits per heavy atom. The van der Waals surface area contributed by atoms with Crippen LogP contribution in [0.5, 0.6) is 0 Å². The van der Waals surface area contributed by atoms with E-state index in [-0.39, 0.29) is 5.91 Å². The molecule has 2 aromatic carbocycles. The molecule has 0 aliphatic rings. The Labute approximate surface area is 184 Å². The molecule has 0 aliphatic heterocycles. The van der Waals surface area contributed by atoms with E-state index < -0.39 is 0 Å². The summed E-state index contributed by atoms with van der Waals surface area (Å²) in [7, 11) is 1.86. The predicted octanol–water partition coefficient (Wildman–Crippen LogP) is 6.20. The first kappa shape index (κ1) is 22.1. The molecule has 0 atom stereocenters. The summed E-state index contributed by atoms with van der Waals surface area (Å²) in [5.41, 5.74) is 3.96. The summed E-state index contributed by atoms with van der Waals surface area (Å²) in [5.74, 6) is 0.0686. The van der Waals surface area contributed by atoms with Gasteiger partial charge >= 0.3 is 0 Å².